The van der Waals surface area contributed by atoms with Gasteiger partial charge in [-0.05, 0) is 12.8 Å². The van der Waals surface area contributed by atoms with Crippen LogP contribution in [0.3, 0.4) is 0 Å². The summed E-state index contributed by atoms with van der Waals surface area (Å²) >= 11 is 11.4. The van der Waals surface area contributed by atoms with Gasteiger partial charge in [-0.15, -0.1) is 0 Å². The normalized spacial score (nSPS) is 21.5. The number of halogens is 3. The van der Waals surface area contributed by atoms with Gasteiger partial charge in [0.2, 0.25) is 0 Å². The number of alkyl halides is 3. The van der Waals surface area contributed by atoms with Crippen molar-refractivity contribution in [2.45, 2.75) is 30.1 Å². The molecule has 5 N–H and O–H groups in total. The van der Waals surface area contributed by atoms with E-state index in [4.69, 9.17) is 11.5 Å². The quantitative estimate of drug-likeness (QED) is 0.267. The maximum absolute atomic E-state index is 14.4. The van der Waals surface area contributed by atoms with Crippen LogP contribution in [-0.4, -0.2) is 47.6 Å². The molecule has 3 nitrogen and oxygen atoms in total. The first-order chi connectivity index (χ1) is 8.66. The molecule has 0 aliphatic carbocycles. The van der Waals surface area contributed by atoms with E-state index < -0.39 is 17.3 Å². The van der Waals surface area contributed by atoms with Crippen molar-refractivity contribution in [3.63, 3.8) is 0 Å². The molecular formula is C10H22F3N3S3. The molecule has 19 heavy (non-hydrogen) atoms. The topological polar surface area (TPSA) is 64.1 Å². The molecule has 0 amide bonds. The minimum Gasteiger partial charge on any atom is -0.326 e. The molecule has 3 atom stereocenters. The lowest BCUT2D eigenvalue weighted by atomic mass is 9.97. The molecule has 9 heteroatoms. The Morgan fingerprint density at radius 1 is 0.947 bits per heavy atom. The Hall–Kier alpha value is 0.720. The highest BCUT2D eigenvalue weighted by molar-refractivity contribution is 7.80. The Balaban J connectivity index is 4.45. The minimum absolute atomic E-state index is 0.185. The van der Waals surface area contributed by atoms with Crippen molar-refractivity contribution in [3.8, 4) is 0 Å². The summed E-state index contributed by atoms with van der Waals surface area (Å²) in [5, 5.41) is 2.37. The number of hydrogen-bond donors (Lipinski definition) is 6. The molecule has 0 spiro atoms. The summed E-state index contributed by atoms with van der Waals surface area (Å²) < 4.78 is 41.7. The van der Waals surface area contributed by atoms with E-state index in [-0.39, 0.29) is 43.2 Å². The first kappa shape index (κ1) is 19.7. The number of nitrogens with one attached hydrogen (secondary N) is 1. The van der Waals surface area contributed by atoms with E-state index in [0.29, 0.717) is 0 Å². The van der Waals surface area contributed by atoms with Crippen molar-refractivity contribution in [2.24, 2.45) is 11.5 Å². The largest absolute Gasteiger partial charge is 0.326 e. The molecule has 0 unspecified atom stereocenters. The SMILES string of the molecule is NC[C@](F)(CS)NC[C@](F)(CS)CC[C@](N)(F)CS. The average Bonchev–Trinajstić information content (AvgIpc) is 2.42. The Labute approximate surface area is 128 Å². The molecule has 0 radical (unpaired) electrons. The van der Waals surface area contributed by atoms with Crippen molar-refractivity contribution in [2.75, 3.05) is 30.3 Å². The fourth-order valence-electron chi connectivity index (χ4n) is 1.24. The second-order valence-electron chi connectivity index (χ2n) is 4.68. The highest BCUT2D eigenvalue weighted by atomic mass is 32.1. The predicted molar refractivity (Wildman–Crippen MR) is 83.6 cm³/mol. The molecular weight excluding hydrogens is 315 g/mol. The van der Waals surface area contributed by atoms with Gasteiger partial charge in [0.25, 0.3) is 0 Å². The molecule has 0 aromatic carbocycles. The van der Waals surface area contributed by atoms with Gasteiger partial charge in [0.1, 0.15) is 5.67 Å². The number of rotatable bonds is 10. The number of hydrogen-bond acceptors (Lipinski definition) is 6. The lowest BCUT2D eigenvalue weighted by Crippen LogP contribution is -2.54. The third-order valence-electron chi connectivity index (χ3n) is 2.83. The first-order valence-electron chi connectivity index (χ1n) is 5.79. The van der Waals surface area contributed by atoms with Crippen LogP contribution in [-0.2, 0) is 0 Å². The third kappa shape index (κ3) is 7.33. The minimum atomic E-state index is -2.05. The molecule has 0 aromatic heterocycles. The summed E-state index contributed by atoms with van der Waals surface area (Å²) in [6, 6.07) is 0. The molecule has 0 heterocycles. The Morgan fingerprint density at radius 2 is 1.53 bits per heavy atom. The lowest BCUT2D eigenvalue weighted by molar-refractivity contribution is 0.0834. The Morgan fingerprint density at radius 3 is 1.89 bits per heavy atom. The van der Waals surface area contributed by atoms with Crippen molar-refractivity contribution >= 4 is 37.9 Å². The summed E-state index contributed by atoms with van der Waals surface area (Å²) in [5.74, 6) is -4.59. The fourth-order valence-corrected chi connectivity index (χ4v) is 1.91. The Kier molecular flexibility index (Phi) is 8.55. The van der Waals surface area contributed by atoms with E-state index in [2.05, 4.69) is 43.2 Å². The maximum Gasteiger partial charge on any atom is 0.182 e. The zero-order valence-electron chi connectivity index (χ0n) is 10.6. The first-order valence-corrected chi connectivity index (χ1v) is 7.69. The van der Waals surface area contributed by atoms with Crippen LogP contribution in [0.2, 0.25) is 0 Å². The summed E-state index contributed by atoms with van der Waals surface area (Å²) in [7, 11) is 0. The smallest absolute Gasteiger partial charge is 0.182 e. The van der Waals surface area contributed by atoms with Gasteiger partial charge in [0.05, 0.1) is 0 Å². The number of thiol groups is 3. The Bertz CT molecular complexity index is 268. The summed E-state index contributed by atoms with van der Waals surface area (Å²) in [6.45, 7) is -0.673. The van der Waals surface area contributed by atoms with E-state index >= 15 is 0 Å². The van der Waals surface area contributed by atoms with Crippen LogP contribution in [0, 0.1) is 0 Å². The van der Waals surface area contributed by atoms with Crippen LogP contribution in [0.25, 0.3) is 0 Å². The van der Waals surface area contributed by atoms with Crippen LogP contribution in [0.15, 0.2) is 0 Å². The highest BCUT2D eigenvalue weighted by Crippen LogP contribution is 2.25. The standard InChI is InChI=1S/C10H22F3N3S3/c11-8(5-17,1-2-9(12,15)6-18)4-16-10(13,3-14)7-19/h16-19H,1-7,14-15H2/t8-,9+,10+/m0/s1. The zero-order valence-corrected chi connectivity index (χ0v) is 13.3. The van der Waals surface area contributed by atoms with Gasteiger partial charge in [0.15, 0.2) is 11.6 Å². The zero-order chi connectivity index (χ0) is 15.2. The van der Waals surface area contributed by atoms with Crippen molar-refractivity contribution in [3.05, 3.63) is 0 Å². The third-order valence-corrected chi connectivity index (χ3v) is 4.42. The lowest BCUT2D eigenvalue weighted by Gasteiger charge is -2.31. The van der Waals surface area contributed by atoms with Crippen molar-refractivity contribution in [1.82, 2.24) is 5.32 Å². The van der Waals surface area contributed by atoms with Crippen LogP contribution < -0.4 is 16.8 Å². The van der Waals surface area contributed by atoms with E-state index in [1.54, 1.807) is 0 Å². The summed E-state index contributed by atoms with van der Waals surface area (Å²) in [5.41, 5.74) is 8.61. The van der Waals surface area contributed by atoms with E-state index in [9.17, 15) is 13.2 Å². The number of nitrogens with two attached hydrogens (primary N) is 2. The molecule has 0 aromatic rings. The van der Waals surface area contributed by atoms with Gasteiger partial charge in [-0.1, -0.05) is 0 Å². The van der Waals surface area contributed by atoms with Crippen LogP contribution in [0.4, 0.5) is 13.2 Å². The van der Waals surface area contributed by atoms with Gasteiger partial charge >= 0.3 is 0 Å². The predicted octanol–water partition coefficient (Wildman–Crippen LogP) is 1.10. The maximum atomic E-state index is 14.4. The van der Waals surface area contributed by atoms with Crippen molar-refractivity contribution in [1.29, 1.82) is 0 Å². The molecule has 0 saturated carbocycles. The van der Waals surface area contributed by atoms with Gasteiger partial charge in [-0.2, -0.15) is 37.9 Å². The monoisotopic (exact) mass is 337 g/mol. The average molecular weight is 338 g/mol. The second-order valence-corrected chi connectivity index (χ2v) is 5.63. The van der Waals surface area contributed by atoms with Gasteiger partial charge in [0, 0.05) is 30.3 Å². The van der Waals surface area contributed by atoms with Gasteiger partial charge < -0.3 is 5.73 Å². The van der Waals surface area contributed by atoms with Crippen LogP contribution in [0.5, 0.6) is 0 Å². The molecule has 116 valence electrons. The molecule has 0 rings (SSSR count). The van der Waals surface area contributed by atoms with Crippen LogP contribution in [0.1, 0.15) is 12.8 Å². The van der Waals surface area contributed by atoms with Crippen LogP contribution >= 0.6 is 37.9 Å². The van der Waals surface area contributed by atoms with Gasteiger partial charge in [-0.3, -0.25) is 11.1 Å². The van der Waals surface area contributed by atoms with E-state index in [0.717, 1.165) is 0 Å². The second kappa shape index (κ2) is 8.23. The molecule has 0 saturated heterocycles. The highest BCUT2D eigenvalue weighted by Gasteiger charge is 2.36. The van der Waals surface area contributed by atoms with Gasteiger partial charge in [-0.25, -0.2) is 13.2 Å². The fraction of sp³-hybridized carbons (Fsp3) is 1.00. The summed E-state index contributed by atoms with van der Waals surface area (Å²) in [6.07, 6.45) is -0.414. The van der Waals surface area contributed by atoms with E-state index in [1.807, 2.05) is 0 Å². The summed E-state index contributed by atoms with van der Waals surface area (Å²) in [4.78, 5) is 0. The van der Waals surface area contributed by atoms with E-state index in [1.165, 1.54) is 0 Å². The van der Waals surface area contributed by atoms with Crippen molar-refractivity contribution < 1.29 is 13.2 Å². The molecule has 0 aliphatic heterocycles. The molecule has 0 bridgehead atoms. The molecule has 0 fully saturated rings. The molecule has 0 aliphatic rings.